The Hall–Kier alpha value is -0.0800. The summed E-state index contributed by atoms with van der Waals surface area (Å²) < 4.78 is 8.14. The second-order valence-corrected chi connectivity index (χ2v) is 21.0. The first-order chi connectivity index (χ1) is 13.1. The molecule has 4 rings (SSSR count). The normalized spacial score (nSPS) is 21.9. The molecular weight excluding hydrogens is 608 g/mol. The van der Waals surface area contributed by atoms with E-state index in [2.05, 4.69) is 10.2 Å². The van der Waals surface area contributed by atoms with E-state index in [0.29, 0.717) is 17.7 Å². The summed E-state index contributed by atoms with van der Waals surface area (Å²) in [7, 11) is 0. The molecule has 3 aliphatic rings. The van der Waals surface area contributed by atoms with Gasteiger partial charge < -0.3 is 15.0 Å². The van der Waals surface area contributed by atoms with Crippen LogP contribution in [-0.2, 0) is 4.74 Å². The molecule has 5 nitrogen and oxygen atoms in total. The number of fused-ring (bicyclic) bond motifs is 2. The van der Waals surface area contributed by atoms with Crippen LogP contribution >= 0.6 is 51.4 Å². The zero-order valence-corrected chi connectivity index (χ0v) is 21.0. The number of hydrogen-bond acceptors (Lipinski definition) is 4. The molecule has 0 bridgehead atoms. The van der Waals surface area contributed by atoms with Gasteiger partial charge >= 0.3 is 5.97 Å². The Morgan fingerprint density at radius 3 is 2.52 bits per heavy atom. The third-order valence-corrected chi connectivity index (χ3v) is 28.0. The van der Waals surface area contributed by atoms with Crippen molar-refractivity contribution < 1.29 is 14.3 Å². The van der Waals surface area contributed by atoms with Crippen LogP contribution in [0.2, 0.25) is 0 Å². The van der Waals surface area contributed by atoms with E-state index in [1.807, 2.05) is 0 Å². The number of nitrogens with zero attached hydrogens (tertiary/aromatic N) is 1. The number of amides is 1. The minimum atomic E-state index is -0.336. The Bertz CT molecular complexity index is 862. The van der Waals surface area contributed by atoms with Crippen molar-refractivity contribution in [2.45, 2.75) is 19.8 Å². The number of nitrogens with one attached hydrogen (secondary N) is 1. The van der Waals surface area contributed by atoms with Gasteiger partial charge in [0.1, 0.15) is 0 Å². The maximum atomic E-state index is 13.3. The first-order valence-corrected chi connectivity index (χ1v) is 19.1. The predicted molar refractivity (Wildman–Crippen MR) is 130 cm³/mol. The fourth-order valence-electron chi connectivity index (χ4n) is 3.65. The van der Waals surface area contributed by atoms with Gasteiger partial charge in [-0.05, 0) is 97.5 Å². The van der Waals surface area contributed by atoms with E-state index in [9.17, 15) is 9.59 Å². The highest BCUT2D eigenvalue weighted by atomic mass is 127. The molecule has 0 atom stereocenters. The molecular formula is C18H20I2N2O3P2. The van der Waals surface area contributed by atoms with E-state index >= 15 is 0 Å². The van der Waals surface area contributed by atoms with Crippen molar-refractivity contribution in [1.82, 2.24) is 10.2 Å². The average molecular weight is 628 g/mol. The van der Waals surface area contributed by atoms with Crippen LogP contribution in [0, 0.1) is 5.41 Å². The van der Waals surface area contributed by atoms with Crippen LogP contribution in [0.15, 0.2) is 24.3 Å². The van der Waals surface area contributed by atoms with Gasteiger partial charge in [0.2, 0.25) is 0 Å². The Balaban J connectivity index is 1.60. The van der Waals surface area contributed by atoms with Crippen molar-refractivity contribution in [3.8, 4) is 0 Å². The topological polar surface area (TPSA) is 58.6 Å². The monoisotopic (exact) mass is 628 g/mol. The third-order valence-electron chi connectivity index (χ3n) is 5.06. The van der Waals surface area contributed by atoms with Crippen molar-refractivity contribution in [2.75, 3.05) is 26.2 Å². The van der Waals surface area contributed by atoms with E-state index < -0.39 is 0 Å². The SMILES string of the molecule is CCOC(=O)c1ccc(C(=O)N2CC3(CCNCC3)C3=IP=PI=C32)cc1. The smallest absolute Gasteiger partial charge is 0.338 e. The molecule has 0 aliphatic carbocycles. The first-order valence-electron chi connectivity index (χ1n) is 8.88. The molecule has 2 fully saturated rings. The molecule has 144 valence electrons. The number of halogens is 2. The van der Waals surface area contributed by atoms with Crippen molar-refractivity contribution in [3.63, 3.8) is 0 Å². The number of hydrogen-bond donors (Lipinski definition) is 1. The van der Waals surface area contributed by atoms with Crippen molar-refractivity contribution >= 4 is 70.4 Å². The molecule has 1 spiro atoms. The van der Waals surface area contributed by atoms with Crippen molar-refractivity contribution in [2.24, 2.45) is 5.41 Å². The zero-order valence-electron chi connectivity index (χ0n) is 14.9. The predicted octanol–water partition coefficient (Wildman–Crippen LogP) is 4.58. The number of piperidine rings is 1. The number of carbonyl (C=O) groups excluding carboxylic acids is 2. The van der Waals surface area contributed by atoms with Crippen LogP contribution in [0.5, 0.6) is 0 Å². The lowest BCUT2D eigenvalue weighted by atomic mass is 9.78. The lowest BCUT2D eigenvalue weighted by Gasteiger charge is -2.34. The molecule has 2 saturated heterocycles. The summed E-state index contributed by atoms with van der Waals surface area (Å²) in [5, 5.41) is 3.48. The Morgan fingerprint density at radius 2 is 1.81 bits per heavy atom. The fraction of sp³-hybridized carbons (Fsp3) is 0.444. The summed E-state index contributed by atoms with van der Waals surface area (Å²) in [4.78, 5) is 27.3. The van der Waals surface area contributed by atoms with E-state index in [1.54, 1.807) is 45.7 Å². The van der Waals surface area contributed by atoms with Gasteiger partial charge in [-0.1, -0.05) is 0 Å². The Kier molecular flexibility index (Phi) is 6.54. The lowest BCUT2D eigenvalue weighted by molar-refractivity contribution is 0.0526. The molecule has 1 amide bonds. The van der Waals surface area contributed by atoms with Gasteiger partial charge in [0, 0.05) is 32.1 Å². The van der Waals surface area contributed by atoms with Crippen LogP contribution in [0.25, 0.3) is 0 Å². The van der Waals surface area contributed by atoms with E-state index in [0.717, 1.165) is 32.5 Å². The molecule has 0 radical (unpaired) electrons. The minimum Gasteiger partial charge on any atom is -0.462 e. The van der Waals surface area contributed by atoms with E-state index in [-0.39, 0.29) is 57.7 Å². The molecule has 0 aromatic heterocycles. The van der Waals surface area contributed by atoms with Gasteiger partial charge in [-0.3, -0.25) is 4.79 Å². The maximum absolute atomic E-state index is 13.3. The highest BCUT2D eigenvalue weighted by Gasteiger charge is 2.49. The molecule has 1 N–H and O–H groups in total. The van der Waals surface area contributed by atoms with Gasteiger partial charge in [-0.15, -0.1) is 0 Å². The quantitative estimate of drug-likeness (QED) is 0.303. The Labute approximate surface area is 180 Å². The minimum absolute atomic E-state index is 0.0391. The average Bonchev–Trinajstić information content (AvgIpc) is 3.02. The maximum Gasteiger partial charge on any atom is 0.338 e. The van der Waals surface area contributed by atoms with Crippen LogP contribution < -0.4 is 5.32 Å². The van der Waals surface area contributed by atoms with Gasteiger partial charge in [0.05, 0.1) is 15.8 Å². The Morgan fingerprint density at radius 1 is 1.15 bits per heavy atom. The van der Waals surface area contributed by atoms with Crippen LogP contribution in [0.1, 0.15) is 40.5 Å². The van der Waals surface area contributed by atoms with Crippen LogP contribution in [0.3, 0.4) is 0 Å². The second kappa shape index (κ2) is 8.74. The van der Waals surface area contributed by atoms with Gasteiger partial charge in [-0.25, -0.2) is 4.79 Å². The van der Waals surface area contributed by atoms with Gasteiger partial charge in [0.25, 0.3) is 5.91 Å². The summed E-state index contributed by atoms with van der Waals surface area (Å²) in [6.45, 7) is 5.13. The summed E-state index contributed by atoms with van der Waals surface area (Å²) in [5.74, 6) is -0.233. The lowest BCUT2D eigenvalue weighted by Crippen LogP contribution is -2.42. The molecule has 0 saturated carbocycles. The number of rotatable bonds is 3. The summed E-state index contributed by atoms with van der Waals surface area (Å²) >= 11 is -0.0532. The molecule has 9 heteroatoms. The van der Waals surface area contributed by atoms with Crippen LogP contribution in [0.4, 0.5) is 0 Å². The second-order valence-electron chi connectivity index (χ2n) is 6.64. The third kappa shape index (κ3) is 4.00. The van der Waals surface area contributed by atoms with E-state index in [4.69, 9.17) is 4.74 Å². The number of benzene rings is 1. The summed E-state index contributed by atoms with van der Waals surface area (Å²) in [5.41, 5.74) is 4.58. The largest absolute Gasteiger partial charge is 0.462 e. The standard InChI is InChI=1S/C18H20I2N2O3P2/c1-2-25-17(24)13-5-3-12(4-6-13)16(23)22-11-18(7-9-21-10-8-18)14-15(22)20-27-26-19-14/h3-6,21H,2,7-11H2,1H3. The first kappa shape index (κ1) is 20.2. The number of carbonyl (C=O) groups is 2. The number of likely N-dealkylation sites (tertiary alicyclic amines) is 1. The zero-order chi connectivity index (χ0) is 18.9. The van der Waals surface area contributed by atoms with Gasteiger partial charge in [0.15, 0.2) is 0 Å². The highest BCUT2D eigenvalue weighted by molar-refractivity contribution is 14.2. The molecule has 0 unspecified atom stereocenters. The van der Waals surface area contributed by atoms with Gasteiger partial charge in [-0.2, -0.15) is 0 Å². The van der Waals surface area contributed by atoms with Crippen LogP contribution in [-0.4, -0.2) is 50.2 Å². The fourth-order valence-corrected chi connectivity index (χ4v) is 29.2. The number of ether oxygens (including phenoxy) is 1. The number of esters is 1. The highest BCUT2D eigenvalue weighted by Crippen LogP contribution is 2.53. The van der Waals surface area contributed by atoms with Crippen molar-refractivity contribution in [1.29, 1.82) is 0 Å². The summed E-state index contributed by atoms with van der Waals surface area (Å²) in [6, 6.07) is 6.95. The molecule has 3 aliphatic heterocycles. The summed E-state index contributed by atoms with van der Waals surface area (Å²) in [6.07, 6.45) is 2.32. The molecule has 27 heavy (non-hydrogen) atoms. The molecule has 1 aromatic rings. The van der Waals surface area contributed by atoms with E-state index in [1.165, 1.54) is 3.63 Å². The molecule has 1 aromatic carbocycles. The molecule has 3 heterocycles. The van der Waals surface area contributed by atoms with Crippen molar-refractivity contribution in [3.05, 3.63) is 35.4 Å².